The largest absolute Gasteiger partial charge is 0.461 e. The Hall–Kier alpha value is -1.99. The third kappa shape index (κ3) is 3.23. The van der Waals surface area contributed by atoms with Gasteiger partial charge in [0.1, 0.15) is 12.2 Å². The number of primary amides is 1. The molecule has 0 fully saturated rings. The second-order valence-electron chi connectivity index (χ2n) is 3.07. The van der Waals surface area contributed by atoms with Crippen molar-refractivity contribution in [1.82, 2.24) is 9.78 Å². The van der Waals surface area contributed by atoms with Crippen molar-refractivity contribution in [2.75, 3.05) is 6.61 Å². The molecule has 6 nitrogen and oxygen atoms in total. The van der Waals surface area contributed by atoms with Crippen molar-refractivity contribution in [3.05, 3.63) is 17.5 Å². The van der Waals surface area contributed by atoms with Gasteiger partial charge in [-0.3, -0.25) is 9.48 Å². The maximum atomic E-state index is 12.2. The zero-order chi connectivity index (χ0) is 13.0. The predicted molar refractivity (Wildman–Crippen MR) is 52.7 cm³/mol. The quantitative estimate of drug-likeness (QED) is 0.764. The Balaban J connectivity index is 3.03. The van der Waals surface area contributed by atoms with Crippen LogP contribution in [0.5, 0.6) is 0 Å². The zero-order valence-electron chi connectivity index (χ0n) is 9.02. The van der Waals surface area contributed by atoms with E-state index in [0.29, 0.717) is 4.68 Å². The molecule has 17 heavy (non-hydrogen) atoms. The molecule has 1 rings (SSSR count). The van der Waals surface area contributed by atoms with Crippen molar-refractivity contribution in [2.45, 2.75) is 19.9 Å². The number of amides is 1. The second kappa shape index (κ2) is 5.37. The van der Waals surface area contributed by atoms with E-state index >= 15 is 0 Å². The van der Waals surface area contributed by atoms with E-state index in [9.17, 15) is 18.4 Å². The van der Waals surface area contributed by atoms with Crippen LogP contribution >= 0.6 is 0 Å². The number of carbonyl (C=O) groups excluding carboxylic acids is 2. The molecule has 1 heterocycles. The molecule has 94 valence electrons. The molecule has 0 aliphatic heterocycles. The monoisotopic (exact) mass is 247 g/mol. The van der Waals surface area contributed by atoms with Crippen LogP contribution in [0, 0.1) is 0 Å². The van der Waals surface area contributed by atoms with Gasteiger partial charge in [-0.05, 0) is 6.92 Å². The molecule has 0 aromatic carbocycles. The number of esters is 1. The van der Waals surface area contributed by atoms with E-state index in [1.165, 1.54) is 0 Å². The Kier molecular flexibility index (Phi) is 4.13. The maximum absolute atomic E-state index is 12.2. The van der Waals surface area contributed by atoms with Gasteiger partial charge in [-0.25, -0.2) is 13.6 Å². The Morgan fingerprint density at radius 1 is 1.59 bits per heavy atom. The summed E-state index contributed by atoms with van der Waals surface area (Å²) in [6.45, 7) is 0.896. The SMILES string of the molecule is CCOC(=O)c1cc(C(N)=O)n(CC(F)F)n1. The van der Waals surface area contributed by atoms with Gasteiger partial charge in [-0.1, -0.05) is 0 Å². The van der Waals surface area contributed by atoms with Gasteiger partial charge in [0.2, 0.25) is 0 Å². The number of rotatable bonds is 5. The summed E-state index contributed by atoms with van der Waals surface area (Å²) in [7, 11) is 0. The summed E-state index contributed by atoms with van der Waals surface area (Å²) < 4.78 is 29.7. The van der Waals surface area contributed by atoms with E-state index in [2.05, 4.69) is 9.84 Å². The van der Waals surface area contributed by atoms with E-state index in [4.69, 9.17) is 5.73 Å². The van der Waals surface area contributed by atoms with Gasteiger partial charge >= 0.3 is 5.97 Å². The summed E-state index contributed by atoms with van der Waals surface area (Å²) in [6, 6.07) is 1.03. The van der Waals surface area contributed by atoms with Gasteiger partial charge in [0.05, 0.1) is 6.61 Å². The lowest BCUT2D eigenvalue weighted by atomic mass is 10.3. The summed E-state index contributed by atoms with van der Waals surface area (Å²) in [5.41, 5.74) is 4.50. The average molecular weight is 247 g/mol. The summed E-state index contributed by atoms with van der Waals surface area (Å²) in [6.07, 6.45) is -2.71. The molecule has 0 spiro atoms. The molecule has 0 aliphatic rings. The predicted octanol–water partition coefficient (Wildman–Crippen LogP) is 0.424. The molecule has 0 atom stereocenters. The van der Waals surface area contributed by atoms with Crippen molar-refractivity contribution in [3.63, 3.8) is 0 Å². The van der Waals surface area contributed by atoms with Gasteiger partial charge < -0.3 is 10.5 Å². The minimum atomic E-state index is -2.71. The first-order chi connectivity index (χ1) is 7.95. The van der Waals surface area contributed by atoms with Crippen molar-refractivity contribution in [3.8, 4) is 0 Å². The first kappa shape index (κ1) is 13.1. The molecule has 0 bridgehead atoms. The molecule has 1 amide bonds. The van der Waals surface area contributed by atoms with Crippen LogP contribution in [-0.4, -0.2) is 34.7 Å². The average Bonchev–Trinajstić information content (AvgIpc) is 2.61. The van der Waals surface area contributed by atoms with Gasteiger partial charge in [-0.2, -0.15) is 5.10 Å². The molecule has 0 saturated heterocycles. The molecular formula is C9H11F2N3O3. The third-order valence-electron chi connectivity index (χ3n) is 1.83. The Morgan fingerprint density at radius 3 is 2.71 bits per heavy atom. The molecule has 0 radical (unpaired) electrons. The van der Waals surface area contributed by atoms with Gasteiger partial charge in [-0.15, -0.1) is 0 Å². The highest BCUT2D eigenvalue weighted by atomic mass is 19.3. The third-order valence-corrected chi connectivity index (χ3v) is 1.83. The van der Waals surface area contributed by atoms with Gasteiger partial charge in [0.15, 0.2) is 5.69 Å². The standard InChI is InChI=1S/C9H11F2N3O3/c1-2-17-9(16)5-3-6(8(12)15)14(13-5)4-7(10)11/h3,7H,2,4H2,1H3,(H2,12,15). The first-order valence-corrected chi connectivity index (χ1v) is 4.78. The van der Waals surface area contributed by atoms with Gasteiger partial charge in [0.25, 0.3) is 12.3 Å². The highest BCUT2D eigenvalue weighted by molar-refractivity contribution is 5.95. The van der Waals surface area contributed by atoms with E-state index < -0.39 is 24.8 Å². The minimum absolute atomic E-state index is 0.118. The van der Waals surface area contributed by atoms with Crippen LogP contribution in [0.15, 0.2) is 6.07 Å². The number of carbonyl (C=O) groups is 2. The second-order valence-corrected chi connectivity index (χ2v) is 3.07. The Morgan fingerprint density at radius 2 is 2.24 bits per heavy atom. The highest BCUT2D eigenvalue weighted by Gasteiger charge is 2.20. The van der Waals surface area contributed by atoms with Crippen LogP contribution in [0.25, 0.3) is 0 Å². The number of hydrogen-bond acceptors (Lipinski definition) is 4. The molecule has 2 N–H and O–H groups in total. The molecule has 0 saturated carbocycles. The fourth-order valence-electron chi connectivity index (χ4n) is 1.19. The number of aromatic nitrogens is 2. The van der Waals surface area contributed by atoms with Crippen molar-refractivity contribution in [2.24, 2.45) is 5.73 Å². The number of hydrogen-bond donors (Lipinski definition) is 1. The highest BCUT2D eigenvalue weighted by Crippen LogP contribution is 2.08. The van der Waals surface area contributed by atoms with E-state index in [-0.39, 0.29) is 18.0 Å². The molecule has 0 aliphatic carbocycles. The number of nitrogens with zero attached hydrogens (tertiary/aromatic N) is 2. The number of nitrogens with two attached hydrogens (primary N) is 1. The summed E-state index contributed by atoms with van der Waals surface area (Å²) in [4.78, 5) is 22.2. The van der Waals surface area contributed by atoms with E-state index in [0.717, 1.165) is 6.07 Å². The zero-order valence-corrected chi connectivity index (χ0v) is 9.02. The summed E-state index contributed by atoms with van der Waals surface area (Å²) in [5.74, 6) is -1.73. The lowest BCUT2D eigenvalue weighted by Gasteiger charge is -2.02. The fraction of sp³-hybridized carbons (Fsp3) is 0.444. The lowest BCUT2D eigenvalue weighted by Crippen LogP contribution is -2.20. The smallest absolute Gasteiger partial charge is 0.358 e. The lowest BCUT2D eigenvalue weighted by molar-refractivity contribution is 0.0516. The number of alkyl halides is 2. The fourth-order valence-corrected chi connectivity index (χ4v) is 1.19. The first-order valence-electron chi connectivity index (χ1n) is 4.78. The molecular weight excluding hydrogens is 236 g/mol. The van der Waals surface area contributed by atoms with Crippen LogP contribution in [0.3, 0.4) is 0 Å². The summed E-state index contributed by atoms with van der Waals surface area (Å²) in [5, 5.41) is 3.55. The van der Waals surface area contributed by atoms with Crippen LogP contribution in [0.1, 0.15) is 27.9 Å². The van der Waals surface area contributed by atoms with Gasteiger partial charge in [0, 0.05) is 6.07 Å². The van der Waals surface area contributed by atoms with E-state index in [1.807, 2.05) is 0 Å². The van der Waals surface area contributed by atoms with E-state index in [1.54, 1.807) is 6.92 Å². The molecule has 1 aromatic heterocycles. The molecule has 0 unspecified atom stereocenters. The Bertz CT molecular complexity index is 431. The van der Waals surface area contributed by atoms with Crippen LogP contribution < -0.4 is 5.73 Å². The number of halogens is 2. The Labute approximate surface area is 95.3 Å². The van der Waals surface area contributed by atoms with Crippen molar-refractivity contribution >= 4 is 11.9 Å². The van der Waals surface area contributed by atoms with Crippen LogP contribution in [0.2, 0.25) is 0 Å². The van der Waals surface area contributed by atoms with Crippen molar-refractivity contribution in [1.29, 1.82) is 0 Å². The molecule has 1 aromatic rings. The van der Waals surface area contributed by atoms with Crippen molar-refractivity contribution < 1.29 is 23.1 Å². The number of ether oxygens (including phenoxy) is 1. The van der Waals surface area contributed by atoms with Crippen LogP contribution in [-0.2, 0) is 11.3 Å². The summed E-state index contributed by atoms with van der Waals surface area (Å²) >= 11 is 0. The van der Waals surface area contributed by atoms with Crippen LogP contribution in [0.4, 0.5) is 8.78 Å². The topological polar surface area (TPSA) is 87.2 Å². The molecule has 8 heteroatoms. The maximum Gasteiger partial charge on any atom is 0.358 e. The minimum Gasteiger partial charge on any atom is -0.461 e. The normalized spacial score (nSPS) is 10.6.